The number of hydrogen-bond donors (Lipinski definition) is 1. The molecule has 180 valence electrons. The first-order chi connectivity index (χ1) is 16.7. The molecule has 0 radical (unpaired) electrons. The molecule has 6 nitrogen and oxygen atoms in total. The number of ether oxygens (including phenoxy) is 1. The van der Waals surface area contributed by atoms with Crippen LogP contribution >= 0.6 is 0 Å². The summed E-state index contributed by atoms with van der Waals surface area (Å²) >= 11 is 0. The van der Waals surface area contributed by atoms with Gasteiger partial charge in [0.2, 0.25) is 0 Å². The fourth-order valence-electron chi connectivity index (χ4n) is 4.28. The molecule has 1 aliphatic rings. The van der Waals surface area contributed by atoms with Crippen LogP contribution in [0.25, 0.3) is 5.76 Å². The van der Waals surface area contributed by atoms with E-state index in [1.54, 1.807) is 6.07 Å². The van der Waals surface area contributed by atoms with E-state index in [0.717, 1.165) is 16.8 Å². The number of hydrogen-bond acceptors (Lipinski definition) is 5. The zero-order valence-electron chi connectivity index (χ0n) is 20.7. The molecule has 1 heterocycles. The van der Waals surface area contributed by atoms with Crippen molar-refractivity contribution in [2.24, 2.45) is 0 Å². The monoisotopic (exact) mass is 470 g/mol. The summed E-state index contributed by atoms with van der Waals surface area (Å²) in [5.74, 6) is -0.876. The van der Waals surface area contributed by atoms with Gasteiger partial charge in [0.25, 0.3) is 11.7 Å². The van der Waals surface area contributed by atoms with E-state index in [1.807, 2.05) is 100 Å². The lowest BCUT2D eigenvalue weighted by Crippen LogP contribution is -2.29. The highest BCUT2D eigenvalue weighted by Crippen LogP contribution is 2.42. The van der Waals surface area contributed by atoms with Crippen LogP contribution in [0.3, 0.4) is 0 Å². The van der Waals surface area contributed by atoms with Gasteiger partial charge in [0.05, 0.1) is 18.2 Å². The van der Waals surface area contributed by atoms with Gasteiger partial charge in [-0.25, -0.2) is 0 Å². The van der Waals surface area contributed by atoms with Gasteiger partial charge in [-0.1, -0.05) is 24.3 Å². The minimum atomic E-state index is -0.780. The summed E-state index contributed by atoms with van der Waals surface area (Å²) in [6.45, 7) is 6.36. The third-order valence-corrected chi connectivity index (χ3v) is 6.38. The van der Waals surface area contributed by atoms with Crippen LogP contribution in [0, 0.1) is 13.8 Å². The Labute approximate surface area is 206 Å². The number of rotatable bonds is 6. The van der Waals surface area contributed by atoms with Gasteiger partial charge in [-0.15, -0.1) is 0 Å². The first-order valence-electron chi connectivity index (χ1n) is 11.6. The minimum absolute atomic E-state index is 0.0686. The molecule has 4 rings (SSSR count). The molecule has 0 aliphatic carbocycles. The Morgan fingerprint density at radius 3 is 2.17 bits per heavy atom. The summed E-state index contributed by atoms with van der Waals surface area (Å²) in [7, 11) is 3.87. The van der Waals surface area contributed by atoms with Crippen LogP contribution < -0.4 is 14.5 Å². The molecule has 0 aromatic heterocycles. The number of aryl methyl sites for hydroxylation is 2. The lowest BCUT2D eigenvalue weighted by atomic mass is 9.94. The van der Waals surface area contributed by atoms with Gasteiger partial charge >= 0.3 is 0 Å². The highest BCUT2D eigenvalue weighted by molar-refractivity contribution is 6.51. The maximum atomic E-state index is 13.3. The molecule has 35 heavy (non-hydrogen) atoms. The third-order valence-electron chi connectivity index (χ3n) is 6.38. The molecule has 0 spiro atoms. The zero-order chi connectivity index (χ0) is 25.3. The van der Waals surface area contributed by atoms with Gasteiger partial charge in [0, 0.05) is 31.0 Å². The van der Waals surface area contributed by atoms with Gasteiger partial charge in [-0.3, -0.25) is 14.5 Å². The van der Waals surface area contributed by atoms with Gasteiger partial charge < -0.3 is 14.7 Å². The van der Waals surface area contributed by atoms with E-state index in [1.165, 1.54) is 4.90 Å². The summed E-state index contributed by atoms with van der Waals surface area (Å²) in [4.78, 5) is 30.1. The zero-order valence-corrected chi connectivity index (χ0v) is 20.7. The highest BCUT2D eigenvalue weighted by Gasteiger charge is 2.47. The molecule has 3 aromatic rings. The van der Waals surface area contributed by atoms with Gasteiger partial charge in [-0.05, 0) is 79.9 Å². The van der Waals surface area contributed by atoms with Crippen LogP contribution in [-0.2, 0) is 9.59 Å². The van der Waals surface area contributed by atoms with Crippen LogP contribution in [-0.4, -0.2) is 37.5 Å². The highest BCUT2D eigenvalue weighted by atomic mass is 16.5. The van der Waals surface area contributed by atoms with Crippen molar-refractivity contribution in [3.63, 3.8) is 0 Å². The average molecular weight is 471 g/mol. The molecule has 6 heteroatoms. The predicted molar refractivity (Wildman–Crippen MR) is 139 cm³/mol. The van der Waals surface area contributed by atoms with Crippen molar-refractivity contribution in [1.29, 1.82) is 0 Å². The number of Topliss-reactive ketones (excluding diaryl/α,β-unsaturated/α-hetero) is 1. The Hall–Kier alpha value is -4.06. The summed E-state index contributed by atoms with van der Waals surface area (Å²) < 4.78 is 5.57. The van der Waals surface area contributed by atoms with Crippen LogP contribution in [0.2, 0.25) is 0 Å². The topological polar surface area (TPSA) is 70.1 Å². The number of amides is 1. The van der Waals surface area contributed by atoms with Crippen molar-refractivity contribution >= 4 is 28.8 Å². The van der Waals surface area contributed by atoms with E-state index in [9.17, 15) is 14.7 Å². The van der Waals surface area contributed by atoms with E-state index in [0.29, 0.717) is 29.2 Å². The molecule has 0 bridgehead atoms. The molecule has 1 aliphatic heterocycles. The van der Waals surface area contributed by atoms with Crippen molar-refractivity contribution in [2.45, 2.75) is 26.8 Å². The standard InChI is InChI=1S/C29H30N2O4/c1-6-35-24-15-9-20(10-16-24)26-25(27(32)21-8-7-18(2)19(3)17-21)28(33)29(34)31(26)23-13-11-22(12-14-23)30(4)5/h7-17,26,32H,6H2,1-5H3/b27-25-. The molecular formula is C29H30N2O4. The van der Waals surface area contributed by atoms with E-state index < -0.39 is 17.7 Å². The maximum Gasteiger partial charge on any atom is 0.300 e. The van der Waals surface area contributed by atoms with Gasteiger partial charge in [0.15, 0.2) is 0 Å². The fraction of sp³-hybridized carbons (Fsp3) is 0.241. The molecule has 1 N–H and O–H groups in total. The third kappa shape index (κ3) is 4.52. The van der Waals surface area contributed by atoms with E-state index in [-0.39, 0.29) is 11.3 Å². The average Bonchev–Trinajstić information content (AvgIpc) is 3.11. The number of benzene rings is 3. The van der Waals surface area contributed by atoms with Crippen LogP contribution in [0.1, 0.15) is 35.2 Å². The molecule has 0 saturated carbocycles. The Morgan fingerprint density at radius 1 is 0.943 bits per heavy atom. The number of ketones is 1. The van der Waals surface area contributed by atoms with Crippen molar-refractivity contribution in [2.75, 3.05) is 30.5 Å². The number of nitrogens with zero attached hydrogens (tertiary/aromatic N) is 2. The summed E-state index contributed by atoms with van der Waals surface area (Å²) in [6.07, 6.45) is 0. The number of carbonyl (C=O) groups is 2. The lowest BCUT2D eigenvalue weighted by Gasteiger charge is -2.26. The Morgan fingerprint density at radius 2 is 1.60 bits per heavy atom. The number of aliphatic hydroxyl groups excluding tert-OH is 1. The Kier molecular flexibility index (Phi) is 6.65. The molecule has 1 amide bonds. The second-order valence-electron chi connectivity index (χ2n) is 8.88. The predicted octanol–water partition coefficient (Wildman–Crippen LogP) is 5.39. The summed E-state index contributed by atoms with van der Waals surface area (Å²) in [6, 6.07) is 19.4. The maximum absolute atomic E-state index is 13.3. The number of anilines is 2. The van der Waals surface area contributed by atoms with Crippen molar-refractivity contribution in [1.82, 2.24) is 0 Å². The van der Waals surface area contributed by atoms with Crippen LogP contribution in [0.4, 0.5) is 11.4 Å². The largest absolute Gasteiger partial charge is 0.507 e. The van der Waals surface area contributed by atoms with Gasteiger partial charge in [0.1, 0.15) is 11.5 Å². The number of carbonyl (C=O) groups excluding carboxylic acids is 2. The molecule has 3 aromatic carbocycles. The minimum Gasteiger partial charge on any atom is -0.507 e. The van der Waals surface area contributed by atoms with E-state index in [2.05, 4.69) is 0 Å². The second-order valence-corrected chi connectivity index (χ2v) is 8.88. The first-order valence-corrected chi connectivity index (χ1v) is 11.6. The Bertz CT molecular complexity index is 1290. The molecule has 1 atom stereocenters. The van der Waals surface area contributed by atoms with Crippen molar-refractivity contribution in [3.05, 3.63) is 94.6 Å². The van der Waals surface area contributed by atoms with Crippen LogP contribution in [0.5, 0.6) is 5.75 Å². The summed E-state index contributed by atoms with van der Waals surface area (Å²) in [5.41, 5.74) is 4.89. The quantitative estimate of drug-likeness (QED) is 0.297. The molecule has 1 unspecified atom stereocenters. The fourth-order valence-corrected chi connectivity index (χ4v) is 4.28. The normalized spacial score (nSPS) is 17.1. The van der Waals surface area contributed by atoms with Crippen molar-refractivity contribution < 1.29 is 19.4 Å². The molecule has 1 fully saturated rings. The summed E-state index contributed by atoms with van der Waals surface area (Å²) in [5, 5.41) is 11.3. The SMILES string of the molecule is CCOc1ccc(C2/C(=C(/O)c3ccc(C)c(C)c3)C(=O)C(=O)N2c2ccc(N(C)C)cc2)cc1. The Balaban J connectivity index is 1.89. The second kappa shape index (κ2) is 9.66. The van der Waals surface area contributed by atoms with Crippen LogP contribution in [0.15, 0.2) is 72.3 Å². The molecular weight excluding hydrogens is 440 g/mol. The van der Waals surface area contributed by atoms with Gasteiger partial charge in [-0.2, -0.15) is 0 Å². The van der Waals surface area contributed by atoms with E-state index >= 15 is 0 Å². The smallest absolute Gasteiger partial charge is 0.300 e. The number of aliphatic hydroxyl groups is 1. The van der Waals surface area contributed by atoms with E-state index in [4.69, 9.17) is 4.74 Å². The lowest BCUT2D eigenvalue weighted by molar-refractivity contribution is -0.132. The first kappa shape index (κ1) is 24.1. The molecule has 1 saturated heterocycles. The van der Waals surface area contributed by atoms with Crippen molar-refractivity contribution in [3.8, 4) is 5.75 Å².